The highest BCUT2D eigenvalue weighted by Gasteiger charge is 2.21. The van der Waals surface area contributed by atoms with Crippen LogP contribution in [-0.2, 0) is 0 Å². The topological polar surface area (TPSA) is 48.8 Å². The van der Waals surface area contributed by atoms with Crippen molar-refractivity contribution in [3.05, 3.63) is 22.1 Å². The molecule has 0 aromatic rings. The minimum atomic E-state index is 0.0907. The van der Waals surface area contributed by atoms with Crippen LogP contribution >= 0.6 is 0 Å². The summed E-state index contributed by atoms with van der Waals surface area (Å²) in [5.74, 6) is 0. The van der Waals surface area contributed by atoms with Crippen molar-refractivity contribution in [3.63, 3.8) is 0 Å². The Labute approximate surface area is 79.5 Å². The molecule has 1 rings (SSSR count). The quantitative estimate of drug-likeness (QED) is 0.254. The second kappa shape index (κ2) is 3.84. The molecule has 0 aliphatic heterocycles. The molecule has 0 spiro atoms. The van der Waals surface area contributed by atoms with Crippen LogP contribution in [-0.4, -0.2) is 6.04 Å². The third kappa shape index (κ3) is 2.78. The van der Waals surface area contributed by atoms with Gasteiger partial charge in [0.05, 0.1) is 6.04 Å². The van der Waals surface area contributed by atoms with Crippen molar-refractivity contribution in [2.45, 2.75) is 46.1 Å². The van der Waals surface area contributed by atoms with Gasteiger partial charge in [-0.25, -0.2) is 0 Å². The van der Waals surface area contributed by atoms with Gasteiger partial charge in [-0.3, -0.25) is 0 Å². The molecular formula is C10H17N3. The molecule has 0 saturated carbocycles. The van der Waals surface area contributed by atoms with E-state index in [1.807, 2.05) is 0 Å². The van der Waals surface area contributed by atoms with Crippen molar-refractivity contribution < 1.29 is 0 Å². The van der Waals surface area contributed by atoms with Crippen LogP contribution < -0.4 is 0 Å². The van der Waals surface area contributed by atoms with Crippen LogP contribution in [0.2, 0.25) is 0 Å². The molecule has 72 valence electrons. The summed E-state index contributed by atoms with van der Waals surface area (Å²) in [4.78, 5) is 2.86. The molecule has 0 N–H and O–H groups in total. The average molecular weight is 179 g/mol. The third-order valence-corrected chi connectivity index (χ3v) is 2.50. The maximum Gasteiger partial charge on any atom is 0.0558 e. The Morgan fingerprint density at radius 1 is 1.54 bits per heavy atom. The first-order chi connectivity index (χ1) is 6.04. The zero-order valence-corrected chi connectivity index (χ0v) is 8.62. The van der Waals surface area contributed by atoms with E-state index >= 15 is 0 Å². The number of allylic oxidation sites excluding steroid dienone is 1. The average Bonchev–Trinajstić information content (AvgIpc) is 2.04. The molecule has 3 heteroatoms. The van der Waals surface area contributed by atoms with E-state index in [1.54, 1.807) is 0 Å². The monoisotopic (exact) mass is 179 g/mol. The molecule has 1 unspecified atom stereocenters. The summed E-state index contributed by atoms with van der Waals surface area (Å²) in [6.45, 7) is 6.62. The highest BCUT2D eigenvalue weighted by Crippen LogP contribution is 2.33. The molecular weight excluding hydrogens is 162 g/mol. The van der Waals surface area contributed by atoms with E-state index < -0.39 is 0 Å². The van der Waals surface area contributed by atoms with Crippen molar-refractivity contribution in [2.75, 3.05) is 0 Å². The van der Waals surface area contributed by atoms with E-state index in [0.717, 1.165) is 19.3 Å². The van der Waals surface area contributed by atoms with Crippen LogP contribution in [0.1, 0.15) is 40.0 Å². The van der Waals surface area contributed by atoms with Crippen molar-refractivity contribution in [2.24, 2.45) is 10.5 Å². The molecule has 0 saturated heterocycles. The van der Waals surface area contributed by atoms with Crippen LogP contribution in [0.5, 0.6) is 0 Å². The molecule has 0 aromatic carbocycles. The van der Waals surface area contributed by atoms with Gasteiger partial charge < -0.3 is 0 Å². The van der Waals surface area contributed by atoms with Gasteiger partial charge in [0.25, 0.3) is 0 Å². The predicted octanol–water partition coefficient (Wildman–Crippen LogP) is 3.82. The first kappa shape index (κ1) is 10.1. The molecule has 1 atom stereocenters. The molecule has 0 fully saturated rings. The Morgan fingerprint density at radius 2 is 2.23 bits per heavy atom. The molecule has 0 bridgehead atoms. The summed E-state index contributed by atoms with van der Waals surface area (Å²) in [6, 6.07) is 0.0907. The molecule has 1 aliphatic carbocycles. The number of hydrogen-bond donors (Lipinski definition) is 0. The predicted molar refractivity (Wildman–Crippen MR) is 54.3 cm³/mol. The van der Waals surface area contributed by atoms with E-state index in [4.69, 9.17) is 5.53 Å². The Morgan fingerprint density at radius 3 is 2.77 bits per heavy atom. The van der Waals surface area contributed by atoms with E-state index in [0.29, 0.717) is 0 Å². The number of hydrogen-bond acceptors (Lipinski definition) is 1. The highest BCUT2D eigenvalue weighted by molar-refractivity contribution is 5.17. The van der Waals surface area contributed by atoms with E-state index in [9.17, 15) is 0 Å². The van der Waals surface area contributed by atoms with Crippen LogP contribution in [0.25, 0.3) is 10.4 Å². The largest absolute Gasteiger partial charge is 0.0865 e. The SMILES string of the molecule is CC(C)(C)C1=CC(N=[N+]=[N-])CCC1. The van der Waals surface area contributed by atoms with Crippen LogP contribution in [0.3, 0.4) is 0 Å². The van der Waals surface area contributed by atoms with E-state index in [-0.39, 0.29) is 11.5 Å². The number of nitrogens with zero attached hydrogens (tertiary/aromatic N) is 3. The summed E-state index contributed by atoms with van der Waals surface area (Å²) in [7, 11) is 0. The van der Waals surface area contributed by atoms with Gasteiger partial charge in [-0.05, 0) is 30.2 Å². The number of azide groups is 1. The zero-order chi connectivity index (χ0) is 9.90. The summed E-state index contributed by atoms with van der Waals surface area (Å²) in [5.41, 5.74) is 9.99. The Kier molecular flexibility index (Phi) is 2.99. The van der Waals surface area contributed by atoms with Crippen molar-refractivity contribution in [1.82, 2.24) is 0 Å². The van der Waals surface area contributed by atoms with Crippen LogP contribution in [0.4, 0.5) is 0 Å². The summed E-state index contributed by atoms with van der Waals surface area (Å²) in [5, 5.41) is 3.75. The smallest absolute Gasteiger partial charge is 0.0558 e. The first-order valence-corrected chi connectivity index (χ1v) is 4.79. The van der Waals surface area contributed by atoms with Gasteiger partial charge in [0.1, 0.15) is 0 Å². The lowest BCUT2D eigenvalue weighted by atomic mass is 9.79. The van der Waals surface area contributed by atoms with Gasteiger partial charge in [-0.1, -0.05) is 37.5 Å². The Hall–Kier alpha value is -0.950. The van der Waals surface area contributed by atoms with Gasteiger partial charge in [0, 0.05) is 4.91 Å². The number of rotatable bonds is 1. The fourth-order valence-electron chi connectivity index (χ4n) is 1.68. The van der Waals surface area contributed by atoms with Gasteiger partial charge in [0.2, 0.25) is 0 Å². The zero-order valence-electron chi connectivity index (χ0n) is 8.62. The molecule has 0 aromatic heterocycles. The van der Waals surface area contributed by atoms with Crippen LogP contribution in [0.15, 0.2) is 16.8 Å². The summed E-state index contributed by atoms with van der Waals surface area (Å²) < 4.78 is 0. The molecule has 1 aliphatic rings. The standard InChI is InChI=1S/C10H17N3/c1-10(2,3)8-5-4-6-9(7-8)12-13-11/h7,9H,4-6H2,1-3H3. The summed E-state index contributed by atoms with van der Waals surface area (Å²) >= 11 is 0. The fraction of sp³-hybridized carbons (Fsp3) is 0.800. The Balaban J connectivity index is 2.81. The lowest BCUT2D eigenvalue weighted by molar-refractivity contribution is 0.449. The highest BCUT2D eigenvalue weighted by atomic mass is 15.1. The van der Waals surface area contributed by atoms with Gasteiger partial charge in [-0.2, -0.15) is 0 Å². The molecule has 13 heavy (non-hydrogen) atoms. The normalized spacial score (nSPS) is 23.3. The fourth-order valence-corrected chi connectivity index (χ4v) is 1.68. The lowest BCUT2D eigenvalue weighted by Gasteiger charge is -2.28. The first-order valence-electron chi connectivity index (χ1n) is 4.79. The second-order valence-electron chi connectivity index (χ2n) is 4.61. The van der Waals surface area contributed by atoms with E-state index in [1.165, 1.54) is 5.57 Å². The second-order valence-corrected chi connectivity index (χ2v) is 4.61. The van der Waals surface area contributed by atoms with Crippen molar-refractivity contribution in [1.29, 1.82) is 0 Å². The van der Waals surface area contributed by atoms with Crippen LogP contribution in [0, 0.1) is 5.41 Å². The third-order valence-electron chi connectivity index (χ3n) is 2.50. The molecule has 0 amide bonds. The molecule has 3 nitrogen and oxygen atoms in total. The minimum absolute atomic E-state index is 0.0907. The van der Waals surface area contributed by atoms with Gasteiger partial charge >= 0.3 is 0 Å². The maximum atomic E-state index is 8.34. The lowest BCUT2D eigenvalue weighted by Crippen LogP contribution is -2.16. The molecule has 0 heterocycles. The van der Waals surface area contributed by atoms with Crippen molar-refractivity contribution >= 4 is 0 Å². The minimum Gasteiger partial charge on any atom is -0.0865 e. The Bertz CT molecular complexity index is 254. The van der Waals surface area contributed by atoms with Gasteiger partial charge in [0.15, 0.2) is 0 Å². The van der Waals surface area contributed by atoms with Crippen molar-refractivity contribution in [3.8, 4) is 0 Å². The molecule has 0 radical (unpaired) electrons. The van der Waals surface area contributed by atoms with Gasteiger partial charge in [-0.15, -0.1) is 0 Å². The summed E-state index contributed by atoms with van der Waals surface area (Å²) in [6.07, 6.45) is 5.45. The van der Waals surface area contributed by atoms with E-state index in [2.05, 4.69) is 36.9 Å². The maximum absolute atomic E-state index is 8.34.